The van der Waals surface area contributed by atoms with Gasteiger partial charge in [0, 0.05) is 28.9 Å². The van der Waals surface area contributed by atoms with Gasteiger partial charge in [-0.2, -0.15) is 0 Å². The van der Waals surface area contributed by atoms with Gasteiger partial charge in [0.2, 0.25) is 0 Å². The molecule has 258 valence electrons. The Morgan fingerprint density at radius 1 is 0.418 bits per heavy atom. The summed E-state index contributed by atoms with van der Waals surface area (Å²) in [5, 5.41) is 9.96. The standard InChI is InChI=1S/C53H36N2/c1-4-12-35(13-5-1)52-44-18-10-11-19-45(44)53(36-14-6-2-7-15-36)48-33-41(24-26-46(48)52)39-22-20-38-31-40(23-21-37(38)30-39)42-25-27-50-47(32-42)49-34-54-29-28-51(49)55(50)43-16-8-3-9-17-43/h1-8,10-16,18-34H,9,17H2. The van der Waals surface area contributed by atoms with Crippen LogP contribution in [0.4, 0.5) is 0 Å². The molecule has 0 aliphatic heterocycles. The van der Waals surface area contributed by atoms with Gasteiger partial charge in [0.25, 0.3) is 0 Å². The maximum absolute atomic E-state index is 4.52. The predicted octanol–water partition coefficient (Wildman–Crippen LogP) is 14.5. The van der Waals surface area contributed by atoms with Crippen LogP contribution in [0.1, 0.15) is 12.8 Å². The van der Waals surface area contributed by atoms with E-state index in [0.717, 1.165) is 12.8 Å². The summed E-state index contributed by atoms with van der Waals surface area (Å²) in [5.74, 6) is 0. The van der Waals surface area contributed by atoms with Crippen molar-refractivity contribution in [2.75, 3.05) is 0 Å². The summed E-state index contributed by atoms with van der Waals surface area (Å²) in [7, 11) is 0. The van der Waals surface area contributed by atoms with Gasteiger partial charge >= 0.3 is 0 Å². The molecule has 0 saturated heterocycles. The third-order valence-corrected chi connectivity index (χ3v) is 11.5. The highest BCUT2D eigenvalue weighted by atomic mass is 15.0. The summed E-state index contributed by atoms with van der Waals surface area (Å²) < 4.78 is 2.42. The fourth-order valence-corrected chi connectivity index (χ4v) is 8.93. The lowest BCUT2D eigenvalue weighted by atomic mass is 9.85. The van der Waals surface area contributed by atoms with Gasteiger partial charge in [0.15, 0.2) is 0 Å². The Balaban J connectivity index is 1.03. The zero-order chi connectivity index (χ0) is 36.3. The molecule has 2 heteroatoms. The minimum absolute atomic E-state index is 1.03. The second-order valence-electron chi connectivity index (χ2n) is 14.6. The Morgan fingerprint density at radius 3 is 1.62 bits per heavy atom. The third kappa shape index (κ3) is 5.21. The average molecular weight is 701 g/mol. The Morgan fingerprint density at radius 2 is 0.964 bits per heavy atom. The van der Waals surface area contributed by atoms with Gasteiger partial charge in [-0.3, -0.25) is 4.98 Å². The van der Waals surface area contributed by atoms with E-state index in [2.05, 4.69) is 192 Å². The largest absolute Gasteiger partial charge is 0.313 e. The smallest absolute Gasteiger partial charge is 0.0568 e. The van der Waals surface area contributed by atoms with Crippen molar-refractivity contribution in [1.29, 1.82) is 0 Å². The van der Waals surface area contributed by atoms with Crippen LogP contribution >= 0.6 is 0 Å². The van der Waals surface area contributed by atoms with Crippen LogP contribution in [0.2, 0.25) is 0 Å². The molecule has 0 atom stereocenters. The number of rotatable bonds is 5. The quantitative estimate of drug-likeness (QED) is 0.163. The number of hydrogen-bond acceptors (Lipinski definition) is 1. The predicted molar refractivity (Wildman–Crippen MR) is 234 cm³/mol. The van der Waals surface area contributed by atoms with Crippen LogP contribution in [0, 0.1) is 0 Å². The zero-order valence-corrected chi connectivity index (χ0v) is 30.3. The first-order valence-electron chi connectivity index (χ1n) is 19.2. The first-order valence-corrected chi connectivity index (χ1v) is 19.2. The topological polar surface area (TPSA) is 17.8 Å². The van der Waals surface area contributed by atoms with Gasteiger partial charge in [-0.15, -0.1) is 0 Å². The van der Waals surface area contributed by atoms with Crippen LogP contribution in [0.25, 0.3) is 104 Å². The van der Waals surface area contributed by atoms with Gasteiger partial charge in [0.05, 0.1) is 11.0 Å². The van der Waals surface area contributed by atoms with Crippen molar-refractivity contribution < 1.29 is 0 Å². The molecular weight excluding hydrogens is 665 g/mol. The van der Waals surface area contributed by atoms with Crippen molar-refractivity contribution in [1.82, 2.24) is 9.55 Å². The van der Waals surface area contributed by atoms with E-state index in [0.29, 0.717) is 0 Å². The van der Waals surface area contributed by atoms with Crippen molar-refractivity contribution in [3.63, 3.8) is 0 Å². The molecule has 2 nitrogen and oxygen atoms in total. The van der Waals surface area contributed by atoms with Crippen LogP contribution in [-0.2, 0) is 0 Å². The second kappa shape index (κ2) is 12.8. The Labute approximate surface area is 320 Å². The number of benzene rings is 8. The molecule has 0 saturated carbocycles. The van der Waals surface area contributed by atoms with Gasteiger partial charge in [-0.25, -0.2) is 0 Å². The zero-order valence-electron chi connectivity index (χ0n) is 30.3. The summed E-state index contributed by atoms with van der Waals surface area (Å²) in [6.45, 7) is 0. The lowest BCUT2D eigenvalue weighted by Crippen LogP contribution is -1.98. The lowest BCUT2D eigenvalue weighted by molar-refractivity contribution is 0.979. The average Bonchev–Trinajstić information content (AvgIpc) is 3.59. The summed E-state index contributed by atoms with van der Waals surface area (Å²) >= 11 is 0. The number of hydrogen-bond donors (Lipinski definition) is 0. The van der Waals surface area contributed by atoms with E-state index in [1.807, 2.05) is 12.4 Å². The van der Waals surface area contributed by atoms with Crippen molar-refractivity contribution in [3.05, 3.63) is 194 Å². The molecule has 8 aromatic carbocycles. The Hall–Kier alpha value is -7.03. The molecule has 55 heavy (non-hydrogen) atoms. The van der Waals surface area contributed by atoms with Gasteiger partial charge in [0.1, 0.15) is 0 Å². The van der Waals surface area contributed by atoms with Crippen LogP contribution in [-0.4, -0.2) is 9.55 Å². The summed E-state index contributed by atoms with van der Waals surface area (Å²) in [6, 6.07) is 60.4. The van der Waals surface area contributed by atoms with Gasteiger partial charge < -0.3 is 4.57 Å². The first-order chi connectivity index (χ1) is 27.3. The minimum atomic E-state index is 1.03. The second-order valence-corrected chi connectivity index (χ2v) is 14.6. The summed E-state index contributed by atoms with van der Waals surface area (Å²) in [4.78, 5) is 4.52. The maximum atomic E-state index is 4.52. The van der Waals surface area contributed by atoms with Crippen molar-refractivity contribution in [2.45, 2.75) is 12.8 Å². The molecule has 10 aromatic rings. The van der Waals surface area contributed by atoms with Crippen LogP contribution in [0.5, 0.6) is 0 Å². The van der Waals surface area contributed by atoms with Crippen molar-refractivity contribution in [3.8, 4) is 44.5 Å². The fourth-order valence-electron chi connectivity index (χ4n) is 8.93. The van der Waals surface area contributed by atoms with Crippen LogP contribution in [0.3, 0.4) is 0 Å². The molecule has 0 spiro atoms. The molecule has 1 aliphatic carbocycles. The van der Waals surface area contributed by atoms with E-state index >= 15 is 0 Å². The number of pyridine rings is 1. The number of aromatic nitrogens is 2. The molecule has 0 amide bonds. The normalized spacial score (nSPS) is 13.0. The molecule has 2 heterocycles. The minimum Gasteiger partial charge on any atom is -0.313 e. The molecular formula is C53H36N2. The highest BCUT2D eigenvalue weighted by Crippen LogP contribution is 2.45. The number of fused-ring (bicyclic) bond motifs is 6. The van der Waals surface area contributed by atoms with Crippen molar-refractivity contribution in [2.24, 2.45) is 0 Å². The van der Waals surface area contributed by atoms with E-state index in [9.17, 15) is 0 Å². The molecule has 1 aliphatic rings. The molecule has 2 aromatic heterocycles. The van der Waals surface area contributed by atoms with Crippen molar-refractivity contribution >= 4 is 59.8 Å². The Kier molecular flexibility index (Phi) is 7.34. The maximum Gasteiger partial charge on any atom is 0.0568 e. The molecule has 0 bridgehead atoms. The number of allylic oxidation sites excluding steroid dienone is 4. The summed E-state index contributed by atoms with van der Waals surface area (Å²) in [6.07, 6.45) is 12.7. The van der Waals surface area contributed by atoms with Crippen LogP contribution < -0.4 is 0 Å². The Bertz CT molecular complexity index is 3180. The van der Waals surface area contributed by atoms with E-state index in [1.54, 1.807) is 0 Å². The van der Waals surface area contributed by atoms with E-state index in [1.165, 1.54) is 104 Å². The van der Waals surface area contributed by atoms with E-state index < -0.39 is 0 Å². The van der Waals surface area contributed by atoms with E-state index in [4.69, 9.17) is 0 Å². The SMILES string of the molecule is C1=CCCC(n2c3ccncc3c3cc(-c4ccc5cc(-c6ccc7c(-c8ccccc8)c8ccccc8c(-c8ccccc8)c7c6)ccc5c4)ccc32)=C1. The molecule has 0 fully saturated rings. The van der Waals surface area contributed by atoms with Gasteiger partial charge in [-0.1, -0.05) is 140 Å². The van der Waals surface area contributed by atoms with Crippen LogP contribution in [0.15, 0.2) is 194 Å². The lowest BCUT2D eigenvalue weighted by Gasteiger charge is -2.19. The van der Waals surface area contributed by atoms with E-state index in [-0.39, 0.29) is 0 Å². The molecule has 0 N–H and O–H groups in total. The first kappa shape index (κ1) is 31.5. The summed E-state index contributed by atoms with van der Waals surface area (Å²) in [5.41, 5.74) is 13.6. The highest BCUT2D eigenvalue weighted by molar-refractivity contribution is 6.22. The third-order valence-electron chi connectivity index (χ3n) is 11.5. The molecule has 0 unspecified atom stereocenters. The molecule has 11 rings (SSSR count). The fraction of sp³-hybridized carbons (Fsp3) is 0.0377. The molecule has 0 radical (unpaired) electrons. The monoisotopic (exact) mass is 700 g/mol. The highest BCUT2D eigenvalue weighted by Gasteiger charge is 2.18. The number of nitrogens with zero attached hydrogens (tertiary/aromatic N) is 2. The van der Waals surface area contributed by atoms with Gasteiger partial charge in [-0.05, 0) is 132 Å².